The van der Waals surface area contributed by atoms with E-state index >= 15 is 0 Å². The molecule has 0 rings (SSSR count). The fraction of sp³-hybridized carbons (Fsp3) is 0.781. The van der Waals surface area contributed by atoms with Crippen molar-refractivity contribution >= 4 is 17.9 Å². The summed E-state index contributed by atoms with van der Waals surface area (Å²) in [6, 6.07) is -0.615. The normalized spacial score (nSPS) is 13.5. The Kier molecular flexibility index (Phi) is 23.2. The number of hydrogen-bond donors (Lipinski definition) is 1. The molecule has 0 saturated heterocycles. The first-order valence-electron chi connectivity index (χ1n) is 15.4. The third-order valence-corrected chi connectivity index (χ3v) is 6.63. The van der Waals surface area contributed by atoms with E-state index in [9.17, 15) is 19.5 Å². The van der Waals surface area contributed by atoms with E-state index in [2.05, 4.69) is 26.0 Å². The fourth-order valence-corrected chi connectivity index (χ4v) is 4.21. The van der Waals surface area contributed by atoms with Gasteiger partial charge in [0.15, 0.2) is 12.1 Å². The Morgan fingerprint density at radius 1 is 0.775 bits per heavy atom. The fourth-order valence-electron chi connectivity index (χ4n) is 4.21. The Morgan fingerprint density at radius 2 is 1.40 bits per heavy atom. The average Bonchev–Trinajstić information content (AvgIpc) is 2.89. The zero-order valence-electron chi connectivity index (χ0n) is 26.0. The maximum Gasteiger partial charge on any atom is 0.362 e. The van der Waals surface area contributed by atoms with Crippen LogP contribution >= 0.6 is 0 Å². The second-order valence-corrected chi connectivity index (χ2v) is 11.3. The van der Waals surface area contributed by atoms with Gasteiger partial charge in [-0.25, -0.2) is 4.79 Å². The van der Waals surface area contributed by atoms with Crippen LogP contribution in [0.5, 0.6) is 0 Å². The van der Waals surface area contributed by atoms with Gasteiger partial charge >= 0.3 is 17.9 Å². The number of allylic oxidation sites excluding steroid dienone is 4. The molecule has 232 valence electrons. The van der Waals surface area contributed by atoms with Crippen molar-refractivity contribution in [3.8, 4) is 0 Å². The maximum atomic E-state index is 12.5. The van der Waals surface area contributed by atoms with Crippen LogP contribution in [0.4, 0.5) is 0 Å². The van der Waals surface area contributed by atoms with E-state index in [1.807, 2.05) is 33.3 Å². The highest BCUT2D eigenvalue weighted by Crippen LogP contribution is 2.12. The van der Waals surface area contributed by atoms with E-state index in [4.69, 9.17) is 14.2 Å². The monoisotopic (exact) mass is 568 g/mol. The molecule has 0 aliphatic carbocycles. The first-order chi connectivity index (χ1) is 19.1. The van der Waals surface area contributed by atoms with E-state index in [0.717, 1.165) is 32.1 Å². The Bertz CT molecular complexity index is 727. The first kappa shape index (κ1) is 37.8. The average molecular weight is 569 g/mol. The first-order valence-corrected chi connectivity index (χ1v) is 15.4. The smallest absolute Gasteiger partial charge is 0.362 e. The van der Waals surface area contributed by atoms with Crippen molar-refractivity contribution in [3.63, 3.8) is 0 Å². The highest BCUT2D eigenvalue weighted by Gasteiger charge is 2.31. The van der Waals surface area contributed by atoms with Crippen molar-refractivity contribution < 1.29 is 38.2 Å². The molecule has 40 heavy (non-hydrogen) atoms. The molecule has 0 amide bonds. The number of esters is 2. The van der Waals surface area contributed by atoms with Crippen LogP contribution in [0.3, 0.4) is 0 Å². The van der Waals surface area contributed by atoms with Gasteiger partial charge in [-0.1, -0.05) is 89.5 Å². The van der Waals surface area contributed by atoms with Crippen molar-refractivity contribution in [2.24, 2.45) is 0 Å². The molecule has 8 heteroatoms. The van der Waals surface area contributed by atoms with Crippen LogP contribution in [0.15, 0.2) is 24.3 Å². The number of carboxylic acids is 1. The minimum Gasteiger partial charge on any atom is -0.477 e. The number of likely N-dealkylation sites (N-methyl/N-ethyl adjacent to an activating group) is 1. The number of unbranched alkanes of at least 4 members (excludes halogenated alkanes) is 8. The van der Waals surface area contributed by atoms with Crippen LogP contribution in [-0.2, 0) is 28.6 Å². The molecule has 0 aromatic carbocycles. The van der Waals surface area contributed by atoms with Crippen LogP contribution in [0.25, 0.3) is 0 Å². The molecule has 0 bridgehead atoms. The van der Waals surface area contributed by atoms with Crippen LogP contribution in [0, 0.1) is 0 Å². The van der Waals surface area contributed by atoms with Crippen molar-refractivity contribution in [3.05, 3.63) is 24.3 Å². The topological polar surface area (TPSA) is 99.1 Å². The number of rotatable bonds is 26. The number of hydrogen-bond acceptors (Lipinski definition) is 6. The zero-order chi connectivity index (χ0) is 30.1. The van der Waals surface area contributed by atoms with Gasteiger partial charge in [-0.2, -0.15) is 0 Å². The van der Waals surface area contributed by atoms with E-state index in [0.29, 0.717) is 19.3 Å². The summed E-state index contributed by atoms with van der Waals surface area (Å²) in [7, 11) is 5.48. The Hall–Kier alpha value is -2.19. The summed E-state index contributed by atoms with van der Waals surface area (Å²) in [4.78, 5) is 36.3. The lowest BCUT2D eigenvalue weighted by Gasteiger charge is -2.31. The number of nitrogens with zero attached hydrogens (tertiary/aromatic N) is 1. The largest absolute Gasteiger partial charge is 0.477 e. The van der Waals surface area contributed by atoms with Crippen LogP contribution in [-0.4, -0.2) is 80.6 Å². The molecule has 8 nitrogen and oxygen atoms in total. The molecule has 0 spiro atoms. The van der Waals surface area contributed by atoms with Gasteiger partial charge in [0.1, 0.15) is 6.61 Å². The summed E-state index contributed by atoms with van der Waals surface area (Å²) in [6.45, 7) is 4.46. The highest BCUT2D eigenvalue weighted by atomic mass is 16.6. The lowest BCUT2D eigenvalue weighted by atomic mass is 10.1. The Balaban J connectivity index is 4.59. The van der Waals surface area contributed by atoms with Gasteiger partial charge in [0.2, 0.25) is 0 Å². The Labute approximate surface area is 243 Å². The summed E-state index contributed by atoms with van der Waals surface area (Å²) in [5.41, 5.74) is 0. The predicted molar refractivity (Wildman–Crippen MR) is 160 cm³/mol. The molecule has 0 saturated carbocycles. The van der Waals surface area contributed by atoms with Gasteiger partial charge < -0.3 is 23.8 Å². The minimum absolute atomic E-state index is 0.0456. The number of carbonyl (C=O) groups is 3. The molecule has 0 aromatic heterocycles. The van der Waals surface area contributed by atoms with Crippen LogP contribution < -0.4 is 0 Å². The van der Waals surface area contributed by atoms with Crippen molar-refractivity contribution in [2.75, 3.05) is 41.0 Å². The van der Waals surface area contributed by atoms with Gasteiger partial charge in [-0.3, -0.25) is 9.59 Å². The van der Waals surface area contributed by atoms with Crippen LogP contribution in [0.2, 0.25) is 0 Å². The third kappa shape index (κ3) is 22.6. The molecule has 0 aliphatic rings. The summed E-state index contributed by atoms with van der Waals surface area (Å²) < 4.78 is 16.9. The maximum absolute atomic E-state index is 12.5. The minimum atomic E-state index is -0.885. The van der Waals surface area contributed by atoms with Gasteiger partial charge in [-0.15, -0.1) is 0 Å². The van der Waals surface area contributed by atoms with Crippen molar-refractivity contribution in [1.82, 2.24) is 0 Å². The lowest BCUT2D eigenvalue weighted by molar-refractivity contribution is -0.887. The van der Waals surface area contributed by atoms with Crippen LogP contribution in [0.1, 0.15) is 110 Å². The molecule has 0 heterocycles. The number of carboxylic acid groups (broad SMARTS) is 1. The molecule has 0 fully saturated rings. The molecule has 0 aromatic rings. The molecule has 2 atom stereocenters. The molecular formula is C32H58NO7+. The standard InChI is InChI=1S/C32H57NO7/c1-6-8-10-12-14-15-17-19-21-23-31(35)40-28(26-38-25-24-29(32(36)37)33(3,4)5)27-39-30(34)22-20-18-16-13-11-9-7-2/h9,11,16,18,28-29H,6-8,10,12-15,17,19-27H2,1-5H3/p+1/b11-9+,18-16+. The SMILES string of the molecule is CC/C=C/C/C=C/CCC(=O)OCC(COCCC(C(=O)O)[N+](C)(C)C)OC(=O)CCCCCCCCCCC. The highest BCUT2D eigenvalue weighted by molar-refractivity contribution is 5.72. The number of ether oxygens (including phenoxy) is 3. The number of quaternary nitrogens is 1. The summed E-state index contributed by atoms with van der Waals surface area (Å²) in [6.07, 6.45) is 21.2. The van der Waals surface area contributed by atoms with E-state index in [1.165, 1.54) is 38.5 Å². The van der Waals surface area contributed by atoms with Crippen molar-refractivity contribution in [2.45, 2.75) is 122 Å². The van der Waals surface area contributed by atoms with E-state index < -0.39 is 18.1 Å². The van der Waals surface area contributed by atoms with E-state index in [-0.39, 0.29) is 42.7 Å². The third-order valence-electron chi connectivity index (χ3n) is 6.63. The molecule has 0 radical (unpaired) electrons. The molecule has 2 unspecified atom stereocenters. The second kappa shape index (κ2) is 24.6. The number of aliphatic carboxylic acids is 1. The zero-order valence-corrected chi connectivity index (χ0v) is 26.0. The lowest BCUT2D eigenvalue weighted by Crippen LogP contribution is -2.50. The van der Waals surface area contributed by atoms with Gasteiger partial charge in [0, 0.05) is 19.3 Å². The van der Waals surface area contributed by atoms with Gasteiger partial charge in [-0.05, 0) is 25.7 Å². The van der Waals surface area contributed by atoms with Crippen molar-refractivity contribution in [1.29, 1.82) is 0 Å². The van der Waals surface area contributed by atoms with E-state index in [1.54, 1.807) is 0 Å². The molecule has 1 N–H and O–H groups in total. The number of carbonyl (C=O) groups excluding carboxylic acids is 2. The molecule has 0 aliphatic heterocycles. The quantitative estimate of drug-likeness (QED) is 0.0542. The summed E-state index contributed by atoms with van der Waals surface area (Å²) in [5.74, 6) is -1.57. The Morgan fingerprint density at radius 3 is 2.00 bits per heavy atom. The van der Waals surface area contributed by atoms with Gasteiger partial charge in [0.25, 0.3) is 0 Å². The molecular weight excluding hydrogens is 510 g/mol. The predicted octanol–water partition coefficient (Wildman–Crippen LogP) is 6.62. The second-order valence-electron chi connectivity index (χ2n) is 11.3. The summed E-state index contributed by atoms with van der Waals surface area (Å²) >= 11 is 0. The summed E-state index contributed by atoms with van der Waals surface area (Å²) in [5, 5.41) is 9.50. The van der Waals surface area contributed by atoms with Gasteiger partial charge in [0.05, 0.1) is 34.4 Å².